The molecular formula is C17H22ClNO4. The normalized spacial score (nSPS) is 24.5. The summed E-state index contributed by atoms with van der Waals surface area (Å²) >= 11 is 5.78. The summed E-state index contributed by atoms with van der Waals surface area (Å²) in [5.41, 5.74) is -0.111. The van der Waals surface area contributed by atoms with Crippen molar-refractivity contribution in [2.75, 3.05) is 0 Å². The average Bonchev–Trinajstić information content (AvgIpc) is 2.46. The van der Waals surface area contributed by atoms with Crippen molar-refractivity contribution in [2.45, 2.75) is 46.1 Å². The number of ether oxygens (including phenoxy) is 1. The standard InChI is InChI=1S/C17H22ClNO4/c1-10(2)13-6-4-11(3)8-16(13)23-17(20)12-5-7-14(18)15(9-12)19(21)22/h5,7,9-11,13,16H,4,6,8H2,1-3H3/t11-,13+,16+/m1/s1. The van der Waals surface area contributed by atoms with Gasteiger partial charge >= 0.3 is 5.97 Å². The maximum atomic E-state index is 12.4. The second-order valence-corrected chi connectivity index (χ2v) is 7.10. The molecule has 1 aliphatic rings. The first-order valence-corrected chi connectivity index (χ1v) is 8.32. The molecule has 0 saturated heterocycles. The van der Waals surface area contributed by atoms with Crippen LogP contribution in [0, 0.1) is 27.9 Å². The van der Waals surface area contributed by atoms with E-state index in [1.807, 2.05) is 0 Å². The Hall–Kier alpha value is -1.62. The van der Waals surface area contributed by atoms with E-state index in [0.717, 1.165) is 19.3 Å². The zero-order valence-corrected chi connectivity index (χ0v) is 14.4. The molecule has 0 spiro atoms. The van der Waals surface area contributed by atoms with Gasteiger partial charge < -0.3 is 4.74 Å². The summed E-state index contributed by atoms with van der Waals surface area (Å²) < 4.78 is 5.69. The second-order valence-electron chi connectivity index (χ2n) is 6.69. The highest BCUT2D eigenvalue weighted by Crippen LogP contribution is 2.36. The van der Waals surface area contributed by atoms with Crippen LogP contribution in [0.2, 0.25) is 5.02 Å². The van der Waals surface area contributed by atoms with E-state index in [0.29, 0.717) is 17.8 Å². The monoisotopic (exact) mass is 339 g/mol. The third-order valence-electron chi connectivity index (χ3n) is 4.60. The van der Waals surface area contributed by atoms with Crippen LogP contribution in [0.15, 0.2) is 18.2 Å². The molecule has 1 aliphatic carbocycles. The highest BCUT2D eigenvalue weighted by molar-refractivity contribution is 6.32. The molecular weight excluding hydrogens is 318 g/mol. The number of nitro groups is 1. The zero-order valence-electron chi connectivity index (χ0n) is 13.6. The molecule has 5 nitrogen and oxygen atoms in total. The fourth-order valence-electron chi connectivity index (χ4n) is 3.24. The summed E-state index contributed by atoms with van der Waals surface area (Å²) in [6.07, 6.45) is 2.88. The quantitative estimate of drug-likeness (QED) is 0.446. The molecule has 23 heavy (non-hydrogen) atoms. The number of halogens is 1. The number of carbonyl (C=O) groups is 1. The molecule has 0 unspecified atom stereocenters. The van der Waals surface area contributed by atoms with Crippen molar-refractivity contribution < 1.29 is 14.5 Å². The minimum atomic E-state index is -0.598. The fraction of sp³-hybridized carbons (Fsp3) is 0.588. The second kappa shape index (κ2) is 7.30. The van der Waals surface area contributed by atoms with E-state index in [1.54, 1.807) is 0 Å². The number of nitrogens with zero attached hydrogens (tertiary/aromatic N) is 1. The van der Waals surface area contributed by atoms with E-state index in [4.69, 9.17) is 16.3 Å². The molecule has 0 bridgehead atoms. The smallest absolute Gasteiger partial charge is 0.338 e. The van der Waals surface area contributed by atoms with Crippen LogP contribution in [-0.2, 0) is 4.74 Å². The van der Waals surface area contributed by atoms with Crippen LogP contribution in [0.25, 0.3) is 0 Å². The van der Waals surface area contributed by atoms with Crippen molar-refractivity contribution in [3.05, 3.63) is 38.9 Å². The van der Waals surface area contributed by atoms with Crippen molar-refractivity contribution in [3.63, 3.8) is 0 Å². The van der Waals surface area contributed by atoms with Gasteiger partial charge in [0, 0.05) is 6.07 Å². The predicted octanol–water partition coefficient (Wildman–Crippen LogP) is 4.87. The number of esters is 1. The van der Waals surface area contributed by atoms with Crippen LogP contribution in [-0.4, -0.2) is 17.0 Å². The van der Waals surface area contributed by atoms with E-state index in [2.05, 4.69) is 20.8 Å². The number of carbonyl (C=O) groups excluding carboxylic acids is 1. The molecule has 6 heteroatoms. The Morgan fingerprint density at radius 3 is 2.70 bits per heavy atom. The minimum Gasteiger partial charge on any atom is -0.458 e. The van der Waals surface area contributed by atoms with Crippen molar-refractivity contribution >= 4 is 23.3 Å². The Morgan fingerprint density at radius 2 is 2.09 bits per heavy atom. The van der Waals surface area contributed by atoms with E-state index in [1.165, 1.54) is 18.2 Å². The molecule has 2 rings (SSSR count). The molecule has 126 valence electrons. The summed E-state index contributed by atoms with van der Waals surface area (Å²) in [5.74, 6) is 0.758. The van der Waals surface area contributed by atoms with E-state index < -0.39 is 10.9 Å². The van der Waals surface area contributed by atoms with Crippen LogP contribution in [0.4, 0.5) is 5.69 Å². The largest absolute Gasteiger partial charge is 0.458 e. The molecule has 0 N–H and O–H groups in total. The molecule has 0 heterocycles. The lowest BCUT2D eigenvalue weighted by atomic mass is 9.75. The van der Waals surface area contributed by atoms with Gasteiger partial charge in [0.25, 0.3) is 5.69 Å². The lowest BCUT2D eigenvalue weighted by molar-refractivity contribution is -0.384. The summed E-state index contributed by atoms with van der Waals surface area (Å²) in [7, 11) is 0. The van der Waals surface area contributed by atoms with Crippen LogP contribution >= 0.6 is 11.6 Å². The molecule has 1 aromatic rings. The number of hydrogen-bond donors (Lipinski definition) is 0. The van der Waals surface area contributed by atoms with Crippen molar-refractivity contribution in [1.82, 2.24) is 0 Å². The van der Waals surface area contributed by atoms with Crippen molar-refractivity contribution in [1.29, 1.82) is 0 Å². The maximum absolute atomic E-state index is 12.4. The first-order chi connectivity index (χ1) is 10.8. The number of hydrogen-bond acceptors (Lipinski definition) is 4. The third-order valence-corrected chi connectivity index (χ3v) is 4.92. The predicted molar refractivity (Wildman–Crippen MR) is 88.7 cm³/mol. The Morgan fingerprint density at radius 1 is 1.39 bits per heavy atom. The van der Waals surface area contributed by atoms with Gasteiger partial charge in [-0.05, 0) is 42.7 Å². The molecule has 1 fully saturated rings. The first kappa shape index (κ1) is 17.7. The summed E-state index contributed by atoms with van der Waals surface area (Å²) in [6.45, 7) is 6.42. The third kappa shape index (κ3) is 4.22. The molecule has 0 aromatic heterocycles. The van der Waals surface area contributed by atoms with Gasteiger partial charge in [-0.15, -0.1) is 0 Å². The molecule has 3 atom stereocenters. The fourth-order valence-corrected chi connectivity index (χ4v) is 3.42. The van der Waals surface area contributed by atoms with Gasteiger partial charge in [-0.1, -0.05) is 38.8 Å². The van der Waals surface area contributed by atoms with E-state index >= 15 is 0 Å². The number of benzene rings is 1. The Kier molecular flexibility index (Phi) is 5.63. The average molecular weight is 340 g/mol. The van der Waals surface area contributed by atoms with Crippen LogP contribution in [0.5, 0.6) is 0 Å². The Labute approximate surface area is 141 Å². The maximum Gasteiger partial charge on any atom is 0.338 e. The molecule has 0 amide bonds. The highest BCUT2D eigenvalue weighted by Gasteiger charge is 2.33. The van der Waals surface area contributed by atoms with Gasteiger partial charge in [-0.2, -0.15) is 0 Å². The lowest BCUT2D eigenvalue weighted by Crippen LogP contribution is -2.35. The van der Waals surface area contributed by atoms with Crippen LogP contribution in [0.3, 0.4) is 0 Å². The SMILES string of the molecule is CC(C)[C@@H]1CC[C@@H](C)C[C@@H]1OC(=O)c1ccc(Cl)c([N+](=O)[O-])c1. The van der Waals surface area contributed by atoms with Crippen molar-refractivity contribution in [3.8, 4) is 0 Å². The zero-order chi connectivity index (χ0) is 17.1. The highest BCUT2D eigenvalue weighted by atomic mass is 35.5. The summed E-state index contributed by atoms with van der Waals surface area (Å²) in [5, 5.41) is 11.0. The number of nitro benzene ring substituents is 1. The van der Waals surface area contributed by atoms with Gasteiger partial charge in [-0.25, -0.2) is 4.79 Å². The van der Waals surface area contributed by atoms with Crippen molar-refractivity contribution in [2.24, 2.45) is 17.8 Å². The first-order valence-electron chi connectivity index (χ1n) is 7.94. The van der Waals surface area contributed by atoms with E-state index in [9.17, 15) is 14.9 Å². The summed E-state index contributed by atoms with van der Waals surface area (Å²) in [4.78, 5) is 22.7. The van der Waals surface area contributed by atoms with Gasteiger partial charge in [0.15, 0.2) is 0 Å². The Bertz CT molecular complexity index is 602. The van der Waals surface area contributed by atoms with Gasteiger partial charge in [-0.3, -0.25) is 10.1 Å². The summed E-state index contributed by atoms with van der Waals surface area (Å²) in [6, 6.07) is 4.01. The molecule has 1 saturated carbocycles. The van der Waals surface area contributed by atoms with Gasteiger partial charge in [0.05, 0.1) is 10.5 Å². The van der Waals surface area contributed by atoms with Crippen LogP contribution < -0.4 is 0 Å². The molecule has 1 aromatic carbocycles. The number of rotatable bonds is 4. The van der Waals surface area contributed by atoms with Gasteiger partial charge in [0.2, 0.25) is 0 Å². The molecule has 0 aliphatic heterocycles. The topological polar surface area (TPSA) is 69.4 Å². The Balaban J connectivity index is 2.17. The van der Waals surface area contributed by atoms with Crippen LogP contribution in [0.1, 0.15) is 50.4 Å². The van der Waals surface area contributed by atoms with E-state index in [-0.39, 0.29) is 22.4 Å². The van der Waals surface area contributed by atoms with Gasteiger partial charge in [0.1, 0.15) is 11.1 Å². The minimum absolute atomic E-state index is 0.0119. The lowest BCUT2D eigenvalue weighted by Gasteiger charge is -2.36. The molecule has 0 radical (unpaired) electrons.